The monoisotopic (exact) mass is 485 g/mol. The van der Waals surface area contributed by atoms with Crippen LogP contribution in [0.3, 0.4) is 0 Å². The van der Waals surface area contributed by atoms with E-state index in [-0.39, 0.29) is 25.0 Å². The Labute approximate surface area is 203 Å². The Morgan fingerprint density at radius 1 is 1.00 bits per heavy atom. The molecule has 1 aliphatic rings. The van der Waals surface area contributed by atoms with Crippen molar-refractivity contribution in [3.63, 3.8) is 0 Å². The summed E-state index contributed by atoms with van der Waals surface area (Å²) in [5.41, 5.74) is 2.07. The van der Waals surface area contributed by atoms with E-state index in [0.29, 0.717) is 5.69 Å². The fourth-order valence-corrected chi connectivity index (χ4v) is 5.28. The molecule has 0 aliphatic heterocycles. The highest BCUT2D eigenvalue weighted by Gasteiger charge is 2.31. The molecule has 1 saturated carbocycles. The molecule has 0 radical (unpaired) electrons. The average Bonchev–Trinajstić information content (AvgIpc) is 2.81. The minimum absolute atomic E-state index is 0.122. The summed E-state index contributed by atoms with van der Waals surface area (Å²) in [6.45, 7) is 3.35. The van der Waals surface area contributed by atoms with Gasteiger partial charge in [0.1, 0.15) is 12.6 Å². The number of nitrogens with one attached hydrogen (secondary N) is 1. The van der Waals surface area contributed by atoms with Crippen molar-refractivity contribution in [2.24, 2.45) is 0 Å². The third-order valence-corrected chi connectivity index (χ3v) is 7.50. The maximum atomic E-state index is 13.6. The van der Waals surface area contributed by atoms with Crippen LogP contribution in [0, 0.1) is 6.92 Å². The number of anilines is 1. The zero-order valence-electron chi connectivity index (χ0n) is 20.2. The first-order valence-corrected chi connectivity index (χ1v) is 13.7. The first kappa shape index (κ1) is 25.7. The number of para-hydroxylation sites is 1. The van der Waals surface area contributed by atoms with Gasteiger partial charge in [0.2, 0.25) is 21.8 Å². The second-order valence-corrected chi connectivity index (χ2v) is 11.0. The summed E-state index contributed by atoms with van der Waals surface area (Å²) >= 11 is 0. The second kappa shape index (κ2) is 11.5. The van der Waals surface area contributed by atoms with Crippen molar-refractivity contribution >= 4 is 27.5 Å². The van der Waals surface area contributed by atoms with E-state index in [1.54, 1.807) is 32.0 Å². The number of sulfonamides is 1. The van der Waals surface area contributed by atoms with E-state index in [4.69, 9.17) is 0 Å². The maximum absolute atomic E-state index is 13.6. The van der Waals surface area contributed by atoms with Crippen LogP contribution in [-0.4, -0.2) is 50.0 Å². The lowest BCUT2D eigenvalue weighted by atomic mass is 9.95. The molecule has 3 rings (SSSR count). The van der Waals surface area contributed by atoms with E-state index in [1.807, 2.05) is 36.4 Å². The lowest BCUT2D eigenvalue weighted by molar-refractivity contribution is -0.139. The predicted octanol–water partition coefficient (Wildman–Crippen LogP) is 3.63. The highest BCUT2D eigenvalue weighted by Crippen LogP contribution is 2.23. The molecule has 1 unspecified atom stereocenters. The number of hydrogen-bond donors (Lipinski definition) is 1. The molecule has 7 nitrogen and oxygen atoms in total. The van der Waals surface area contributed by atoms with Gasteiger partial charge in [-0.2, -0.15) is 0 Å². The minimum Gasteiger partial charge on any atom is -0.352 e. The summed E-state index contributed by atoms with van der Waals surface area (Å²) in [6, 6.07) is 15.9. The molecule has 0 aromatic heterocycles. The van der Waals surface area contributed by atoms with Crippen molar-refractivity contribution in [1.82, 2.24) is 10.2 Å². The molecule has 2 amide bonds. The van der Waals surface area contributed by atoms with Crippen LogP contribution >= 0.6 is 0 Å². The van der Waals surface area contributed by atoms with Crippen LogP contribution in [0.4, 0.5) is 5.69 Å². The number of rotatable bonds is 9. The number of benzene rings is 2. The Hall–Kier alpha value is -2.87. The largest absolute Gasteiger partial charge is 0.352 e. The minimum atomic E-state index is -3.73. The molecular weight excluding hydrogens is 450 g/mol. The smallest absolute Gasteiger partial charge is 0.244 e. The summed E-state index contributed by atoms with van der Waals surface area (Å²) < 4.78 is 26.4. The molecule has 2 aromatic rings. The Bertz CT molecular complexity index is 1080. The van der Waals surface area contributed by atoms with Crippen molar-refractivity contribution in [3.8, 4) is 0 Å². The van der Waals surface area contributed by atoms with Gasteiger partial charge >= 0.3 is 0 Å². The van der Waals surface area contributed by atoms with Gasteiger partial charge < -0.3 is 10.2 Å². The predicted molar refractivity (Wildman–Crippen MR) is 135 cm³/mol. The molecule has 0 spiro atoms. The van der Waals surface area contributed by atoms with Crippen LogP contribution in [0.2, 0.25) is 0 Å². The van der Waals surface area contributed by atoms with Gasteiger partial charge in [0.15, 0.2) is 0 Å². The van der Waals surface area contributed by atoms with E-state index in [0.717, 1.165) is 47.4 Å². The number of carbonyl (C=O) groups is 2. The van der Waals surface area contributed by atoms with Crippen LogP contribution in [0.1, 0.15) is 50.2 Å². The van der Waals surface area contributed by atoms with Gasteiger partial charge in [-0.05, 0) is 43.9 Å². The third-order valence-electron chi connectivity index (χ3n) is 6.38. The van der Waals surface area contributed by atoms with Crippen LogP contribution in [0.15, 0.2) is 54.6 Å². The van der Waals surface area contributed by atoms with Crippen molar-refractivity contribution in [2.45, 2.75) is 64.6 Å². The molecule has 0 saturated heterocycles. The van der Waals surface area contributed by atoms with Gasteiger partial charge in [0.25, 0.3) is 0 Å². The van der Waals surface area contributed by atoms with Gasteiger partial charge in [-0.15, -0.1) is 0 Å². The molecular formula is C26H35N3O4S. The molecule has 1 fully saturated rings. The van der Waals surface area contributed by atoms with Gasteiger partial charge in [0.05, 0.1) is 11.9 Å². The van der Waals surface area contributed by atoms with Crippen molar-refractivity contribution in [1.29, 1.82) is 0 Å². The van der Waals surface area contributed by atoms with Crippen LogP contribution in [0.5, 0.6) is 0 Å². The zero-order chi connectivity index (χ0) is 24.7. The van der Waals surface area contributed by atoms with Crippen molar-refractivity contribution in [3.05, 3.63) is 65.7 Å². The first-order valence-electron chi connectivity index (χ1n) is 11.8. The van der Waals surface area contributed by atoms with Crippen LogP contribution < -0.4 is 9.62 Å². The molecule has 2 aromatic carbocycles. The summed E-state index contributed by atoms with van der Waals surface area (Å²) in [5.74, 6) is -0.637. The highest BCUT2D eigenvalue weighted by atomic mass is 32.2. The quantitative estimate of drug-likeness (QED) is 0.588. The lowest BCUT2D eigenvalue weighted by Gasteiger charge is -2.33. The Kier molecular flexibility index (Phi) is 8.72. The van der Waals surface area contributed by atoms with Crippen LogP contribution in [-0.2, 0) is 26.2 Å². The summed E-state index contributed by atoms with van der Waals surface area (Å²) in [7, 11) is -3.73. The summed E-state index contributed by atoms with van der Waals surface area (Å²) in [5, 5.41) is 3.10. The Balaban J connectivity index is 1.85. The van der Waals surface area contributed by atoms with E-state index in [2.05, 4.69) is 5.32 Å². The third kappa shape index (κ3) is 6.82. The highest BCUT2D eigenvalue weighted by molar-refractivity contribution is 7.92. The molecule has 184 valence electrons. The molecule has 1 atom stereocenters. The number of carbonyl (C=O) groups excluding carboxylic acids is 2. The SMILES string of the molecule is Cc1ccccc1N(CC(=O)N(Cc1ccccc1)C(C)C(=O)NC1CCCCC1)S(C)(=O)=O. The average molecular weight is 486 g/mol. The van der Waals surface area contributed by atoms with E-state index >= 15 is 0 Å². The second-order valence-electron chi connectivity index (χ2n) is 9.08. The molecule has 34 heavy (non-hydrogen) atoms. The Morgan fingerprint density at radius 2 is 1.62 bits per heavy atom. The van der Waals surface area contributed by atoms with Gasteiger partial charge in [-0.25, -0.2) is 8.42 Å². The first-order chi connectivity index (χ1) is 16.2. The summed E-state index contributed by atoms with van der Waals surface area (Å²) in [6.07, 6.45) is 6.34. The number of hydrogen-bond acceptors (Lipinski definition) is 4. The van der Waals surface area contributed by atoms with E-state index in [9.17, 15) is 18.0 Å². The molecule has 0 bridgehead atoms. The van der Waals surface area contributed by atoms with Crippen molar-refractivity contribution in [2.75, 3.05) is 17.1 Å². The lowest BCUT2D eigenvalue weighted by Crippen LogP contribution is -2.53. The van der Waals surface area contributed by atoms with Crippen LogP contribution in [0.25, 0.3) is 0 Å². The summed E-state index contributed by atoms with van der Waals surface area (Å²) in [4.78, 5) is 28.2. The normalized spacial score (nSPS) is 15.4. The van der Waals surface area contributed by atoms with E-state index in [1.165, 1.54) is 11.3 Å². The standard InChI is InChI=1S/C26H35N3O4S/c1-20-12-10-11-17-24(20)29(34(3,32)33)19-25(30)28(18-22-13-6-4-7-14-22)21(2)26(31)27-23-15-8-5-9-16-23/h4,6-7,10-14,17,21,23H,5,8-9,15-16,18-19H2,1-3H3,(H,27,31). The number of aryl methyl sites for hydroxylation is 1. The van der Waals surface area contributed by atoms with Gasteiger partial charge in [-0.3, -0.25) is 13.9 Å². The zero-order valence-corrected chi connectivity index (χ0v) is 21.1. The Morgan fingerprint density at radius 3 is 2.24 bits per heavy atom. The van der Waals surface area contributed by atoms with Gasteiger partial charge in [-0.1, -0.05) is 67.8 Å². The van der Waals surface area contributed by atoms with Crippen molar-refractivity contribution < 1.29 is 18.0 Å². The molecule has 8 heteroatoms. The molecule has 1 aliphatic carbocycles. The molecule has 0 heterocycles. The fraction of sp³-hybridized carbons (Fsp3) is 0.462. The maximum Gasteiger partial charge on any atom is 0.244 e. The van der Waals surface area contributed by atoms with Gasteiger partial charge in [0, 0.05) is 12.6 Å². The topological polar surface area (TPSA) is 86.8 Å². The number of amides is 2. The number of nitrogens with zero attached hydrogens (tertiary/aromatic N) is 2. The molecule has 1 N–H and O–H groups in total. The van der Waals surface area contributed by atoms with E-state index < -0.39 is 22.0 Å². The fourth-order valence-electron chi connectivity index (χ4n) is 4.37.